The van der Waals surface area contributed by atoms with Gasteiger partial charge in [-0.3, -0.25) is 18.7 Å². The van der Waals surface area contributed by atoms with Gasteiger partial charge in [-0.2, -0.15) is 0 Å². The maximum atomic E-state index is 12.7. The first-order valence-electron chi connectivity index (χ1n) is 8.59. The van der Waals surface area contributed by atoms with E-state index in [-0.39, 0.29) is 18.6 Å². The second-order valence-electron chi connectivity index (χ2n) is 6.05. The highest BCUT2D eigenvalue weighted by Gasteiger charge is 2.14. The standard InChI is InChI=1S/C19H19N5O4/c1-2-23-17(26)14-5-3-4-6-15(14)24(19(23)28)11-16(25)21-12-7-9-13(10-8-12)22-18(20)27/h3-10H,2,11H2,1H3,(H,21,25)(H3,20,22,27). The molecule has 1 heterocycles. The van der Waals surface area contributed by atoms with Crippen molar-refractivity contribution in [3.63, 3.8) is 0 Å². The molecule has 0 aliphatic carbocycles. The summed E-state index contributed by atoms with van der Waals surface area (Å²) in [6.07, 6.45) is 0. The van der Waals surface area contributed by atoms with Crippen molar-refractivity contribution < 1.29 is 9.59 Å². The molecule has 3 rings (SSSR count). The number of fused-ring (bicyclic) bond motifs is 1. The number of amides is 3. The molecule has 9 heteroatoms. The van der Waals surface area contributed by atoms with Crippen molar-refractivity contribution in [2.75, 3.05) is 10.6 Å². The Morgan fingerprint density at radius 3 is 2.14 bits per heavy atom. The fraction of sp³-hybridized carbons (Fsp3) is 0.158. The Morgan fingerprint density at radius 1 is 0.929 bits per heavy atom. The fourth-order valence-corrected chi connectivity index (χ4v) is 2.93. The van der Waals surface area contributed by atoms with Crippen LogP contribution < -0.4 is 27.6 Å². The predicted octanol–water partition coefficient (Wildman–Crippen LogP) is 1.31. The minimum atomic E-state index is -0.686. The van der Waals surface area contributed by atoms with Gasteiger partial charge in [0.15, 0.2) is 0 Å². The molecule has 1 aromatic heterocycles. The topological polar surface area (TPSA) is 128 Å². The summed E-state index contributed by atoms with van der Waals surface area (Å²) in [6.45, 7) is 1.66. The van der Waals surface area contributed by atoms with E-state index in [1.54, 1.807) is 55.5 Å². The molecule has 0 saturated carbocycles. The number of nitrogens with one attached hydrogen (secondary N) is 2. The van der Waals surface area contributed by atoms with Gasteiger partial charge in [-0.15, -0.1) is 0 Å². The number of rotatable bonds is 5. The monoisotopic (exact) mass is 381 g/mol. The van der Waals surface area contributed by atoms with Crippen LogP contribution in [0.4, 0.5) is 16.2 Å². The molecule has 0 aliphatic heterocycles. The number of carbonyl (C=O) groups is 2. The largest absolute Gasteiger partial charge is 0.351 e. The highest BCUT2D eigenvalue weighted by atomic mass is 16.2. The van der Waals surface area contributed by atoms with Crippen LogP contribution >= 0.6 is 0 Å². The number of nitrogens with two attached hydrogens (primary N) is 1. The second kappa shape index (κ2) is 7.78. The third kappa shape index (κ3) is 3.78. The van der Waals surface area contributed by atoms with Gasteiger partial charge < -0.3 is 16.4 Å². The summed E-state index contributed by atoms with van der Waals surface area (Å²) in [7, 11) is 0. The van der Waals surface area contributed by atoms with Gasteiger partial charge in [0, 0.05) is 17.9 Å². The van der Waals surface area contributed by atoms with Gasteiger partial charge in [-0.25, -0.2) is 9.59 Å². The normalized spacial score (nSPS) is 10.6. The molecule has 144 valence electrons. The molecular weight excluding hydrogens is 362 g/mol. The predicted molar refractivity (Wildman–Crippen MR) is 106 cm³/mol. The van der Waals surface area contributed by atoms with E-state index in [4.69, 9.17) is 5.73 Å². The first-order chi connectivity index (χ1) is 13.4. The van der Waals surface area contributed by atoms with Gasteiger partial charge in [0.1, 0.15) is 6.54 Å². The van der Waals surface area contributed by atoms with Crippen LogP contribution in [0.5, 0.6) is 0 Å². The van der Waals surface area contributed by atoms with Gasteiger partial charge >= 0.3 is 11.7 Å². The molecule has 3 aromatic rings. The van der Waals surface area contributed by atoms with Crippen LogP contribution in [0.25, 0.3) is 10.9 Å². The van der Waals surface area contributed by atoms with Crippen LogP contribution in [0.1, 0.15) is 6.92 Å². The number of primary amides is 1. The number of para-hydroxylation sites is 1. The number of urea groups is 1. The molecule has 9 nitrogen and oxygen atoms in total. The quantitative estimate of drug-likeness (QED) is 0.615. The summed E-state index contributed by atoms with van der Waals surface area (Å²) >= 11 is 0. The number of benzene rings is 2. The van der Waals surface area contributed by atoms with Crippen molar-refractivity contribution in [1.29, 1.82) is 0 Å². The Bertz CT molecular complexity index is 1160. The van der Waals surface area contributed by atoms with E-state index in [1.165, 1.54) is 4.57 Å². The first kappa shape index (κ1) is 18.9. The molecule has 0 atom stereocenters. The van der Waals surface area contributed by atoms with Crippen LogP contribution in [0.2, 0.25) is 0 Å². The first-order valence-corrected chi connectivity index (χ1v) is 8.59. The Balaban J connectivity index is 1.88. The molecule has 0 unspecified atom stereocenters. The SMILES string of the molecule is CCn1c(=O)c2ccccc2n(CC(=O)Nc2ccc(NC(N)=O)cc2)c1=O. The number of aromatic nitrogens is 2. The van der Waals surface area contributed by atoms with E-state index in [9.17, 15) is 19.2 Å². The Hall–Kier alpha value is -3.88. The van der Waals surface area contributed by atoms with Crippen LogP contribution in [-0.2, 0) is 17.9 Å². The zero-order valence-corrected chi connectivity index (χ0v) is 15.1. The van der Waals surface area contributed by atoms with E-state index >= 15 is 0 Å². The third-order valence-corrected chi connectivity index (χ3v) is 4.19. The average Bonchev–Trinajstić information content (AvgIpc) is 2.67. The fourth-order valence-electron chi connectivity index (χ4n) is 2.93. The third-order valence-electron chi connectivity index (χ3n) is 4.19. The van der Waals surface area contributed by atoms with Crippen molar-refractivity contribution in [1.82, 2.24) is 9.13 Å². The van der Waals surface area contributed by atoms with Gasteiger partial charge in [0.25, 0.3) is 5.56 Å². The highest BCUT2D eigenvalue weighted by Crippen LogP contribution is 2.14. The molecule has 3 amide bonds. The summed E-state index contributed by atoms with van der Waals surface area (Å²) in [6, 6.07) is 12.3. The highest BCUT2D eigenvalue weighted by molar-refractivity contribution is 5.92. The lowest BCUT2D eigenvalue weighted by atomic mass is 10.2. The van der Waals surface area contributed by atoms with Gasteiger partial charge in [-0.05, 0) is 43.3 Å². The lowest BCUT2D eigenvalue weighted by Crippen LogP contribution is -2.41. The molecular formula is C19H19N5O4. The molecule has 0 saturated heterocycles. The maximum absolute atomic E-state index is 12.7. The number of nitrogens with zero attached hydrogens (tertiary/aromatic N) is 2. The van der Waals surface area contributed by atoms with E-state index < -0.39 is 17.6 Å². The molecule has 4 N–H and O–H groups in total. The summed E-state index contributed by atoms with van der Waals surface area (Å²) in [5, 5.41) is 5.48. The number of carbonyl (C=O) groups excluding carboxylic acids is 2. The molecule has 0 bridgehead atoms. The molecule has 2 aromatic carbocycles. The van der Waals surface area contributed by atoms with Gasteiger partial charge in [-0.1, -0.05) is 12.1 Å². The Morgan fingerprint density at radius 2 is 1.54 bits per heavy atom. The minimum Gasteiger partial charge on any atom is -0.351 e. The molecule has 0 radical (unpaired) electrons. The maximum Gasteiger partial charge on any atom is 0.331 e. The number of hydrogen-bond acceptors (Lipinski definition) is 4. The molecule has 28 heavy (non-hydrogen) atoms. The Kier molecular flexibility index (Phi) is 5.25. The van der Waals surface area contributed by atoms with E-state index in [2.05, 4.69) is 10.6 Å². The summed E-state index contributed by atoms with van der Waals surface area (Å²) in [5.74, 6) is -0.427. The van der Waals surface area contributed by atoms with Gasteiger partial charge in [0.05, 0.1) is 10.9 Å². The lowest BCUT2D eigenvalue weighted by Gasteiger charge is -2.13. The molecule has 0 aliphatic rings. The lowest BCUT2D eigenvalue weighted by molar-refractivity contribution is -0.116. The molecule has 0 spiro atoms. The van der Waals surface area contributed by atoms with E-state index in [1.807, 2.05) is 0 Å². The zero-order chi connectivity index (χ0) is 20.3. The Labute approximate surface area is 159 Å². The van der Waals surface area contributed by atoms with Crippen LogP contribution in [0.15, 0.2) is 58.1 Å². The van der Waals surface area contributed by atoms with Gasteiger partial charge in [0.2, 0.25) is 5.91 Å². The van der Waals surface area contributed by atoms with Crippen LogP contribution in [0.3, 0.4) is 0 Å². The van der Waals surface area contributed by atoms with Crippen molar-refractivity contribution >= 4 is 34.2 Å². The summed E-state index contributed by atoms with van der Waals surface area (Å²) < 4.78 is 2.37. The number of hydrogen-bond donors (Lipinski definition) is 3. The van der Waals surface area contributed by atoms with Crippen molar-refractivity contribution in [2.45, 2.75) is 20.0 Å². The van der Waals surface area contributed by atoms with Crippen LogP contribution in [-0.4, -0.2) is 21.1 Å². The van der Waals surface area contributed by atoms with Crippen molar-refractivity contribution in [3.05, 3.63) is 69.4 Å². The smallest absolute Gasteiger partial charge is 0.331 e. The summed E-state index contributed by atoms with van der Waals surface area (Å²) in [4.78, 5) is 48.4. The molecule has 0 fully saturated rings. The van der Waals surface area contributed by atoms with Crippen molar-refractivity contribution in [2.24, 2.45) is 5.73 Å². The second-order valence-corrected chi connectivity index (χ2v) is 6.05. The average molecular weight is 381 g/mol. The zero-order valence-electron chi connectivity index (χ0n) is 15.1. The number of anilines is 2. The van der Waals surface area contributed by atoms with Crippen LogP contribution in [0, 0.1) is 0 Å². The van der Waals surface area contributed by atoms with E-state index in [0.717, 1.165) is 4.57 Å². The van der Waals surface area contributed by atoms with Crippen molar-refractivity contribution in [3.8, 4) is 0 Å². The van der Waals surface area contributed by atoms with E-state index in [0.29, 0.717) is 22.3 Å². The summed E-state index contributed by atoms with van der Waals surface area (Å²) in [5.41, 5.74) is 5.51. The minimum absolute atomic E-state index is 0.207.